The minimum Gasteiger partial charge on any atom is -0.300 e. The monoisotopic (exact) mass is 150 g/mol. The van der Waals surface area contributed by atoms with E-state index in [1.54, 1.807) is 0 Å². The lowest BCUT2D eigenvalue weighted by Crippen LogP contribution is -2.34. The molecule has 0 amide bonds. The third-order valence-corrected chi connectivity index (χ3v) is 2.00. The molecule has 0 heterocycles. The minimum atomic E-state index is -0.844. The van der Waals surface area contributed by atoms with Gasteiger partial charge in [0.05, 0.1) is 7.85 Å². The molecule has 0 unspecified atom stereocenters. The van der Waals surface area contributed by atoms with Crippen molar-refractivity contribution in [3.05, 3.63) is 0 Å². The number of hydrogen-bond acceptors (Lipinski definition) is 2. The van der Waals surface area contributed by atoms with Crippen molar-refractivity contribution < 1.29 is 9.59 Å². The zero-order chi connectivity index (χ0) is 8.65. The molecular weight excluding hydrogens is 139 g/mol. The summed E-state index contributed by atoms with van der Waals surface area (Å²) in [4.78, 5) is 22.1. The Balaban J connectivity index is 2.78. The minimum absolute atomic E-state index is 0.119. The average Bonchev–Trinajstić information content (AvgIpc) is 1.81. The summed E-state index contributed by atoms with van der Waals surface area (Å²) in [6, 6.07) is 0. The molecule has 0 aromatic carbocycles. The molecule has 1 aliphatic rings. The number of hydrogen-bond donors (Lipinski definition) is 0. The maximum Gasteiger partial charge on any atom is 0.135 e. The maximum absolute atomic E-state index is 11.1. The molecule has 1 rings (SSSR count). The van der Waals surface area contributed by atoms with Crippen LogP contribution in [0.5, 0.6) is 0 Å². The Hall–Kier alpha value is -0.595. The van der Waals surface area contributed by atoms with Gasteiger partial charge in [0.15, 0.2) is 0 Å². The first-order valence-electron chi connectivity index (χ1n) is 3.73. The van der Waals surface area contributed by atoms with Crippen molar-refractivity contribution in [2.75, 3.05) is 0 Å². The van der Waals surface area contributed by atoms with Gasteiger partial charge in [0.2, 0.25) is 0 Å². The van der Waals surface area contributed by atoms with E-state index in [1.165, 1.54) is 0 Å². The van der Waals surface area contributed by atoms with E-state index in [1.807, 2.05) is 13.8 Å². The lowest BCUT2D eigenvalue weighted by Gasteiger charge is -2.30. The van der Waals surface area contributed by atoms with Crippen molar-refractivity contribution in [2.24, 2.45) is 5.41 Å². The summed E-state index contributed by atoms with van der Waals surface area (Å²) in [5.41, 5.74) is -0.177. The number of ketones is 2. The van der Waals surface area contributed by atoms with Gasteiger partial charge in [0, 0.05) is 18.7 Å². The van der Waals surface area contributed by atoms with Crippen molar-refractivity contribution in [3.8, 4) is 0 Å². The highest BCUT2D eigenvalue weighted by molar-refractivity contribution is 6.37. The van der Waals surface area contributed by atoms with E-state index in [0.29, 0.717) is 12.8 Å². The maximum atomic E-state index is 11.1. The van der Waals surface area contributed by atoms with E-state index in [4.69, 9.17) is 7.85 Å². The van der Waals surface area contributed by atoms with Crippen LogP contribution in [-0.4, -0.2) is 19.4 Å². The lowest BCUT2D eigenvalue weighted by atomic mass is 9.65. The van der Waals surface area contributed by atoms with Crippen LogP contribution in [0.2, 0.25) is 5.82 Å². The van der Waals surface area contributed by atoms with E-state index >= 15 is 0 Å². The van der Waals surface area contributed by atoms with Gasteiger partial charge in [-0.1, -0.05) is 13.8 Å². The molecule has 3 heteroatoms. The van der Waals surface area contributed by atoms with E-state index in [9.17, 15) is 9.59 Å². The van der Waals surface area contributed by atoms with Crippen molar-refractivity contribution in [1.29, 1.82) is 0 Å². The summed E-state index contributed by atoms with van der Waals surface area (Å²) in [6.45, 7) is 3.82. The van der Waals surface area contributed by atoms with Crippen LogP contribution in [0.15, 0.2) is 0 Å². The quantitative estimate of drug-likeness (QED) is 0.379. The molecule has 2 radical (unpaired) electrons. The Morgan fingerprint density at radius 3 is 2.00 bits per heavy atom. The molecule has 0 aliphatic heterocycles. The van der Waals surface area contributed by atoms with Crippen LogP contribution in [0.25, 0.3) is 0 Å². The molecule has 0 spiro atoms. The van der Waals surface area contributed by atoms with Crippen LogP contribution in [0, 0.1) is 5.41 Å². The highest BCUT2D eigenvalue weighted by Gasteiger charge is 2.36. The SMILES string of the molecule is [B]C1C(=O)CC(C)(C)CC1=O. The largest absolute Gasteiger partial charge is 0.300 e. The Labute approximate surface area is 67.8 Å². The van der Waals surface area contributed by atoms with Crippen LogP contribution >= 0.6 is 0 Å². The number of carbonyl (C=O) groups excluding carboxylic acids is 2. The molecule has 0 atom stereocenters. The summed E-state index contributed by atoms with van der Waals surface area (Å²) in [5.74, 6) is -1.08. The van der Waals surface area contributed by atoms with Crippen LogP contribution in [0.4, 0.5) is 0 Å². The fraction of sp³-hybridized carbons (Fsp3) is 0.750. The van der Waals surface area contributed by atoms with Crippen LogP contribution in [0.1, 0.15) is 26.7 Å². The van der Waals surface area contributed by atoms with Crippen molar-refractivity contribution in [2.45, 2.75) is 32.5 Å². The first-order valence-corrected chi connectivity index (χ1v) is 3.73. The summed E-state index contributed by atoms with van der Waals surface area (Å²) in [6.07, 6.45) is 0.861. The number of Topliss-reactive ketones (excluding diaryl/α,β-unsaturated/α-hetero) is 2. The van der Waals surface area contributed by atoms with Crippen molar-refractivity contribution >= 4 is 19.4 Å². The van der Waals surface area contributed by atoms with Gasteiger partial charge in [-0.15, -0.1) is 0 Å². The zero-order valence-corrected chi connectivity index (χ0v) is 6.89. The third-order valence-electron chi connectivity index (χ3n) is 2.00. The first-order chi connectivity index (χ1) is 4.92. The number of rotatable bonds is 0. The zero-order valence-electron chi connectivity index (χ0n) is 6.89. The standard InChI is InChI=1S/C8H11BO2/c1-8(2)3-5(10)7(9)6(11)4-8/h7H,3-4H2,1-2H3. The third kappa shape index (κ3) is 1.70. The van der Waals surface area contributed by atoms with Gasteiger partial charge >= 0.3 is 0 Å². The van der Waals surface area contributed by atoms with E-state index in [2.05, 4.69) is 0 Å². The molecule has 0 N–H and O–H groups in total. The second-order valence-corrected chi connectivity index (χ2v) is 3.93. The van der Waals surface area contributed by atoms with Crippen molar-refractivity contribution in [3.63, 3.8) is 0 Å². The highest BCUT2D eigenvalue weighted by Crippen LogP contribution is 2.34. The molecule has 0 aromatic heterocycles. The van der Waals surface area contributed by atoms with Gasteiger partial charge in [-0.2, -0.15) is 0 Å². The van der Waals surface area contributed by atoms with Crippen LogP contribution in [0.3, 0.4) is 0 Å². The fourth-order valence-corrected chi connectivity index (χ4v) is 1.41. The van der Waals surface area contributed by atoms with Crippen LogP contribution in [-0.2, 0) is 9.59 Å². The lowest BCUT2D eigenvalue weighted by molar-refractivity contribution is -0.133. The van der Waals surface area contributed by atoms with E-state index in [-0.39, 0.29) is 17.0 Å². The average molecular weight is 150 g/mol. The van der Waals surface area contributed by atoms with Gasteiger partial charge in [-0.05, 0) is 5.41 Å². The summed E-state index contributed by atoms with van der Waals surface area (Å²) >= 11 is 0. The number of carbonyl (C=O) groups is 2. The van der Waals surface area contributed by atoms with Gasteiger partial charge in [-0.3, -0.25) is 9.59 Å². The van der Waals surface area contributed by atoms with Gasteiger partial charge in [0.25, 0.3) is 0 Å². The molecule has 1 fully saturated rings. The first kappa shape index (κ1) is 8.50. The van der Waals surface area contributed by atoms with Crippen LogP contribution < -0.4 is 0 Å². The molecule has 1 saturated carbocycles. The molecule has 0 saturated heterocycles. The topological polar surface area (TPSA) is 34.1 Å². The second-order valence-electron chi connectivity index (χ2n) is 3.93. The highest BCUT2D eigenvalue weighted by atomic mass is 16.2. The molecule has 58 valence electrons. The molecule has 0 aromatic rings. The molecule has 0 bridgehead atoms. The normalized spacial score (nSPS) is 25.6. The Morgan fingerprint density at radius 1 is 1.27 bits per heavy atom. The molecular formula is C8H11BO2. The molecule has 1 aliphatic carbocycles. The molecule has 11 heavy (non-hydrogen) atoms. The second kappa shape index (κ2) is 2.47. The molecule has 2 nitrogen and oxygen atoms in total. The van der Waals surface area contributed by atoms with Crippen molar-refractivity contribution in [1.82, 2.24) is 0 Å². The summed E-state index contributed by atoms with van der Waals surface area (Å²) in [5, 5.41) is 0. The Bertz CT molecular complexity index is 188. The van der Waals surface area contributed by atoms with Gasteiger partial charge in [0.1, 0.15) is 11.6 Å². The predicted octanol–water partition coefficient (Wildman–Crippen LogP) is 0.902. The summed E-state index contributed by atoms with van der Waals surface area (Å²) < 4.78 is 0. The Morgan fingerprint density at radius 2 is 1.64 bits per heavy atom. The summed E-state index contributed by atoms with van der Waals surface area (Å²) in [7, 11) is 5.34. The van der Waals surface area contributed by atoms with E-state index in [0.717, 1.165) is 0 Å². The van der Waals surface area contributed by atoms with Gasteiger partial charge in [-0.25, -0.2) is 0 Å². The van der Waals surface area contributed by atoms with E-state index < -0.39 is 5.82 Å². The predicted molar refractivity (Wildman–Crippen MR) is 42.5 cm³/mol. The smallest absolute Gasteiger partial charge is 0.135 e. The van der Waals surface area contributed by atoms with Gasteiger partial charge < -0.3 is 0 Å². The Kier molecular flexibility index (Phi) is 1.91. The fourth-order valence-electron chi connectivity index (χ4n) is 1.41.